The standard InChI is InChI=1S/C14H16ClNO5/c15-9-2-1-3-10(12(9)19)16-13(20)14(8-11(17)18)4-6-21-7-5-14/h1-3,19H,4-8H2,(H,16,20)(H,17,18). The van der Waals surface area contributed by atoms with Gasteiger partial charge in [-0.15, -0.1) is 0 Å². The fourth-order valence-electron chi connectivity index (χ4n) is 2.41. The quantitative estimate of drug-likeness (QED) is 0.741. The molecule has 0 aromatic heterocycles. The molecule has 1 amide bonds. The molecule has 0 unspecified atom stereocenters. The second kappa shape index (κ2) is 6.32. The Morgan fingerprint density at radius 3 is 2.62 bits per heavy atom. The largest absolute Gasteiger partial charge is 0.504 e. The van der Waals surface area contributed by atoms with E-state index >= 15 is 0 Å². The van der Waals surface area contributed by atoms with Crippen molar-refractivity contribution in [1.82, 2.24) is 0 Å². The summed E-state index contributed by atoms with van der Waals surface area (Å²) in [5, 5.41) is 21.6. The van der Waals surface area contributed by atoms with E-state index < -0.39 is 17.3 Å². The Kier molecular flexibility index (Phi) is 4.69. The SMILES string of the molecule is O=C(O)CC1(C(=O)Nc2cccc(Cl)c2O)CCOCC1. The van der Waals surface area contributed by atoms with E-state index in [4.69, 9.17) is 21.4 Å². The molecular weight excluding hydrogens is 298 g/mol. The zero-order valence-corrected chi connectivity index (χ0v) is 12.0. The number of carboxylic acids is 1. The van der Waals surface area contributed by atoms with Gasteiger partial charge >= 0.3 is 5.97 Å². The van der Waals surface area contributed by atoms with Gasteiger partial charge in [-0.2, -0.15) is 0 Å². The molecule has 0 saturated carbocycles. The lowest BCUT2D eigenvalue weighted by atomic mass is 9.76. The van der Waals surface area contributed by atoms with Crippen LogP contribution in [-0.2, 0) is 14.3 Å². The number of rotatable bonds is 4. The van der Waals surface area contributed by atoms with E-state index in [-0.39, 0.29) is 22.9 Å². The van der Waals surface area contributed by atoms with E-state index in [1.54, 1.807) is 6.07 Å². The van der Waals surface area contributed by atoms with Gasteiger partial charge in [-0.1, -0.05) is 17.7 Å². The summed E-state index contributed by atoms with van der Waals surface area (Å²) in [7, 11) is 0. The molecule has 114 valence electrons. The fourth-order valence-corrected chi connectivity index (χ4v) is 2.58. The zero-order valence-electron chi connectivity index (χ0n) is 11.3. The number of amides is 1. The molecule has 0 atom stereocenters. The number of nitrogens with one attached hydrogen (secondary N) is 1. The number of carboxylic acid groups (broad SMARTS) is 1. The summed E-state index contributed by atoms with van der Waals surface area (Å²) in [5.74, 6) is -1.71. The molecule has 1 aromatic carbocycles. The zero-order chi connectivity index (χ0) is 15.5. The highest BCUT2D eigenvalue weighted by Gasteiger charge is 2.42. The summed E-state index contributed by atoms with van der Waals surface area (Å²) >= 11 is 5.79. The highest BCUT2D eigenvalue weighted by molar-refractivity contribution is 6.32. The predicted molar refractivity (Wildman–Crippen MR) is 76.5 cm³/mol. The first-order valence-corrected chi connectivity index (χ1v) is 6.91. The molecule has 1 saturated heterocycles. The van der Waals surface area contributed by atoms with Crippen LogP contribution in [-0.4, -0.2) is 35.3 Å². The Labute approximate surface area is 126 Å². The maximum absolute atomic E-state index is 12.5. The minimum atomic E-state index is -1.04. The summed E-state index contributed by atoms with van der Waals surface area (Å²) in [6.45, 7) is 0.671. The Morgan fingerprint density at radius 1 is 1.33 bits per heavy atom. The number of phenols is 1. The summed E-state index contributed by atoms with van der Waals surface area (Å²) in [5.41, 5.74) is -0.859. The second-order valence-corrected chi connectivity index (χ2v) is 5.46. The Balaban J connectivity index is 2.22. The van der Waals surface area contributed by atoms with Gasteiger partial charge in [0.1, 0.15) is 0 Å². The molecule has 6 nitrogen and oxygen atoms in total. The molecule has 1 heterocycles. The third kappa shape index (κ3) is 3.46. The molecule has 3 N–H and O–H groups in total. The first-order chi connectivity index (χ1) is 9.94. The van der Waals surface area contributed by atoms with Crippen molar-refractivity contribution < 1.29 is 24.5 Å². The molecule has 1 aliphatic heterocycles. The van der Waals surface area contributed by atoms with Gasteiger partial charge in [-0.3, -0.25) is 9.59 Å². The second-order valence-electron chi connectivity index (χ2n) is 5.05. The number of benzene rings is 1. The van der Waals surface area contributed by atoms with Gasteiger partial charge in [0.25, 0.3) is 0 Å². The normalized spacial score (nSPS) is 17.2. The number of anilines is 1. The average molecular weight is 314 g/mol. The highest BCUT2D eigenvalue weighted by atomic mass is 35.5. The van der Waals surface area contributed by atoms with Crippen LogP contribution in [0.1, 0.15) is 19.3 Å². The minimum Gasteiger partial charge on any atom is -0.504 e. The predicted octanol–water partition coefficient (Wildman–Crippen LogP) is 2.26. The number of halogens is 1. The summed E-state index contributed by atoms with van der Waals surface area (Å²) in [6, 6.07) is 4.59. The number of aromatic hydroxyl groups is 1. The number of phenolic OH excluding ortho intramolecular Hbond substituents is 1. The molecule has 1 aromatic rings. The number of hydrogen-bond donors (Lipinski definition) is 3. The number of ether oxygens (including phenoxy) is 1. The van der Waals surface area contributed by atoms with Gasteiger partial charge < -0.3 is 20.3 Å². The minimum absolute atomic E-state index is 0.118. The van der Waals surface area contributed by atoms with Crippen molar-refractivity contribution in [1.29, 1.82) is 0 Å². The lowest BCUT2D eigenvalue weighted by molar-refractivity contribution is -0.147. The molecule has 0 spiro atoms. The third-order valence-electron chi connectivity index (χ3n) is 3.66. The molecule has 0 radical (unpaired) electrons. The number of carbonyl (C=O) groups excluding carboxylic acids is 1. The van der Waals surface area contributed by atoms with E-state index in [1.807, 2.05) is 0 Å². The summed E-state index contributed by atoms with van der Waals surface area (Å²) in [4.78, 5) is 23.6. The van der Waals surface area contributed by atoms with Crippen LogP contribution >= 0.6 is 11.6 Å². The lowest BCUT2D eigenvalue weighted by Crippen LogP contribution is -2.42. The van der Waals surface area contributed by atoms with E-state index in [2.05, 4.69) is 5.32 Å². The first-order valence-electron chi connectivity index (χ1n) is 6.53. The maximum Gasteiger partial charge on any atom is 0.304 e. The van der Waals surface area contributed by atoms with Crippen molar-refractivity contribution >= 4 is 29.2 Å². The summed E-state index contributed by atoms with van der Waals surface area (Å²) < 4.78 is 5.21. The van der Waals surface area contributed by atoms with Gasteiger partial charge in [0.2, 0.25) is 5.91 Å². The van der Waals surface area contributed by atoms with Crippen molar-refractivity contribution in [2.45, 2.75) is 19.3 Å². The third-order valence-corrected chi connectivity index (χ3v) is 3.96. The lowest BCUT2D eigenvalue weighted by Gasteiger charge is -2.34. The van der Waals surface area contributed by atoms with Crippen LogP contribution in [0.15, 0.2) is 18.2 Å². The molecule has 21 heavy (non-hydrogen) atoms. The Hall–Kier alpha value is -1.79. The van der Waals surface area contributed by atoms with Crippen molar-refractivity contribution in [3.05, 3.63) is 23.2 Å². The smallest absolute Gasteiger partial charge is 0.304 e. The molecular formula is C14H16ClNO5. The average Bonchev–Trinajstić information content (AvgIpc) is 2.44. The van der Waals surface area contributed by atoms with Crippen LogP contribution in [0.25, 0.3) is 0 Å². The topological polar surface area (TPSA) is 95.9 Å². The van der Waals surface area contributed by atoms with Crippen molar-refractivity contribution in [2.24, 2.45) is 5.41 Å². The number of para-hydroxylation sites is 1. The number of aliphatic carboxylic acids is 1. The maximum atomic E-state index is 12.5. The highest BCUT2D eigenvalue weighted by Crippen LogP contribution is 2.38. The van der Waals surface area contributed by atoms with Crippen molar-refractivity contribution in [3.8, 4) is 5.75 Å². The van der Waals surface area contributed by atoms with Crippen LogP contribution in [0.5, 0.6) is 5.75 Å². The number of hydrogen-bond acceptors (Lipinski definition) is 4. The van der Waals surface area contributed by atoms with Crippen molar-refractivity contribution in [3.63, 3.8) is 0 Å². The molecule has 0 bridgehead atoms. The molecule has 1 fully saturated rings. The Bertz CT molecular complexity index is 554. The van der Waals surface area contributed by atoms with Crippen molar-refractivity contribution in [2.75, 3.05) is 18.5 Å². The summed E-state index contributed by atoms with van der Waals surface area (Å²) in [6.07, 6.45) is 0.377. The van der Waals surface area contributed by atoms with Crippen LogP contribution in [0.2, 0.25) is 5.02 Å². The molecule has 1 aliphatic rings. The van der Waals surface area contributed by atoms with Gasteiger partial charge in [0.05, 0.1) is 22.5 Å². The van der Waals surface area contributed by atoms with Crippen LogP contribution in [0.4, 0.5) is 5.69 Å². The van der Waals surface area contributed by atoms with E-state index in [0.29, 0.717) is 26.1 Å². The molecule has 2 rings (SSSR count). The number of carbonyl (C=O) groups is 2. The first kappa shape index (κ1) is 15.6. The van der Waals surface area contributed by atoms with Gasteiger partial charge in [0.15, 0.2) is 5.75 Å². The monoisotopic (exact) mass is 313 g/mol. The van der Waals surface area contributed by atoms with E-state index in [0.717, 1.165) is 0 Å². The van der Waals surface area contributed by atoms with Gasteiger partial charge in [0, 0.05) is 13.2 Å². The van der Waals surface area contributed by atoms with Gasteiger partial charge in [-0.05, 0) is 25.0 Å². The van der Waals surface area contributed by atoms with Crippen LogP contribution < -0.4 is 5.32 Å². The van der Waals surface area contributed by atoms with E-state index in [9.17, 15) is 14.7 Å². The molecule has 0 aliphatic carbocycles. The van der Waals surface area contributed by atoms with E-state index in [1.165, 1.54) is 12.1 Å². The molecule has 7 heteroatoms. The van der Waals surface area contributed by atoms with Crippen LogP contribution in [0.3, 0.4) is 0 Å². The van der Waals surface area contributed by atoms with Crippen LogP contribution in [0, 0.1) is 5.41 Å². The fraction of sp³-hybridized carbons (Fsp3) is 0.429. The van der Waals surface area contributed by atoms with Gasteiger partial charge in [-0.25, -0.2) is 0 Å². The Morgan fingerprint density at radius 2 is 2.00 bits per heavy atom.